The molecule has 9 nitrogen and oxygen atoms in total. The van der Waals surface area contributed by atoms with Crippen LogP contribution < -0.4 is 0 Å². The minimum Gasteiger partial charge on any atom is -0.468 e. The van der Waals surface area contributed by atoms with E-state index in [0.717, 1.165) is 17.9 Å². The van der Waals surface area contributed by atoms with Gasteiger partial charge in [-0.1, -0.05) is 20.8 Å². The molecular weight excluding hydrogens is 462 g/mol. The third kappa shape index (κ3) is 8.23. The van der Waals surface area contributed by atoms with Crippen molar-refractivity contribution >= 4 is 18.2 Å². The van der Waals surface area contributed by atoms with E-state index in [0.29, 0.717) is 25.0 Å². The predicted molar refractivity (Wildman–Crippen MR) is 137 cm³/mol. The molecule has 1 aliphatic carbocycles. The van der Waals surface area contributed by atoms with Crippen molar-refractivity contribution < 1.29 is 28.6 Å². The topological polar surface area (TPSA) is 100.0 Å². The zero-order valence-corrected chi connectivity index (χ0v) is 23.8. The third-order valence-corrected chi connectivity index (χ3v) is 6.03. The summed E-state index contributed by atoms with van der Waals surface area (Å²) in [5.74, 6) is -0.292. The van der Waals surface area contributed by atoms with Crippen LogP contribution in [0, 0.1) is 11.3 Å². The molecule has 1 saturated carbocycles. The maximum absolute atomic E-state index is 12.8. The summed E-state index contributed by atoms with van der Waals surface area (Å²) in [5, 5.41) is 0. The van der Waals surface area contributed by atoms with Crippen molar-refractivity contribution in [3.05, 3.63) is 18.2 Å². The largest absolute Gasteiger partial charge is 0.468 e. The summed E-state index contributed by atoms with van der Waals surface area (Å²) in [5.41, 5.74) is -1.38. The Morgan fingerprint density at radius 3 is 2.06 bits per heavy atom. The number of nitrogens with zero attached hydrogens (tertiary/aromatic N) is 3. The quantitative estimate of drug-likeness (QED) is 0.328. The lowest BCUT2D eigenvalue weighted by atomic mass is 9.92. The number of rotatable bonds is 8. The van der Waals surface area contributed by atoms with Crippen molar-refractivity contribution in [2.45, 2.75) is 111 Å². The van der Waals surface area contributed by atoms with Crippen molar-refractivity contribution in [2.24, 2.45) is 11.3 Å². The van der Waals surface area contributed by atoms with E-state index in [1.807, 2.05) is 10.8 Å². The molecule has 2 rings (SSSR count). The molecule has 0 aliphatic heterocycles. The van der Waals surface area contributed by atoms with Crippen LogP contribution in [0.15, 0.2) is 12.5 Å². The van der Waals surface area contributed by atoms with Gasteiger partial charge in [-0.05, 0) is 78.6 Å². The highest BCUT2D eigenvalue weighted by Crippen LogP contribution is 2.56. The highest BCUT2D eigenvalue weighted by molar-refractivity contribution is 5.88. The van der Waals surface area contributed by atoms with Gasteiger partial charge in [0.25, 0.3) is 0 Å². The molecule has 0 bridgehead atoms. The predicted octanol–water partition coefficient (Wildman–Crippen LogP) is 5.70. The van der Waals surface area contributed by atoms with E-state index in [1.165, 1.54) is 7.11 Å². The first-order valence-electron chi connectivity index (χ1n) is 12.7. The number of hydrogen-bond donors (Lipinski definition) is 0. The second kappa shape index (κ2) is 10.8. The first kappa shape index (κ1) is 29.6. The Kier molecular flexibility index (Phi) is 8.90. The Morgan fingerprint density at radius 1 is 1.03 bits per heavy atom. The average molecular weight is 508 g/mol. The second-order valence-corrected chi connectivity index (χ2v) is 12.9. The number of esters is 1. The second-order valence-electron chi connectivity index (χ2n) is 12.9. The number of imide groups is 1. The molecule has 0 radical (unpaired) electrons. The Labute approximate surface area is 215 Å². The number of carbonyl (C=O) groups is 3. The molecule has 0 saturated heterocycles. The highest BCUT2D eigenvalue weighted by Gasteiger charge is 2.63. The van der Waals surface area contributed by atoms with E-state index in [4.69, 9.17) is 14.2 Å². The van der Waals surface area contributed by atoms with Crippen molar-refractivity contribution in [1.29, 1.82) is 0 Å². The van der Waals surface area contributed by atoms with Gasteiger partial charge in [-0.15, -0.1) is 0 Å². The van der Waals surface area contributed by atoms with Crippen molar-refractivity contribution in [3.63, 3.8) is 0 Å². The van der Waals surface area contributed by atoms with Gasteiger partial charge >= 0.3 is 18.2 Å². The van der Waals surface area contributed by atoms with Gasteiger partial charge in [0.05, 0.1) is 19.1 Å². The Hall–Kier alpha value is -2.58. The van der Waals surface area contributed by atoms with Gasteiger partial charge in [-0.2, -0.15) is 0 Å². The van der Waals surface area contributed by atoms with E-state index in [1.54, 1.807) is 47.9 Å². The van der Waals surface area contributed by atoms with Gasteiger partial charge < -0.3 is 18.8 Å². The molecule has 1 aromatic heterocycles. The summed E-state index contributed by atoms with van der Waals surface area (Å²) in [6, 6.07) is 0. The van der Waals surface area contributed by atoms with Crippen molar-refractivity contribution in [3.8, 4) is 0 Å². The Bertz CT molecular complexity index is 907. The van der Waals surface area contributed by atoms with Crippen LogP contribution in [0.5, 0.6) is 0 Å². The van der Waals surface area contributed by atoms with E-state index >= 15 is 0 Å². The SMILES string of the molecule is COC(=O)C1(c2cn(CCC(C)(C)C)cn2)C[C@@H]1CCCN(C(=O)OC(C)(C)C)C(=O)OC(C)(C)C. The van der Waals surface area contributed by atoms with Crippen LogP contribution in [0.2, 0.25) is 0 Å². The average Bonchev–Trinajstić information content (AvgIpc) is 3.22. The number of ether oxygens (including phenoxy) is 3. The van der Waals surface area contributed by atoms with Crippen LogP contribution in [0.4, 0.5) is 9.59 Å². The van der Waals surface area contributed by atoms with Crippen LogP contribution in [0.3, 0.4) is 0 Å². The molecule has 0 N–H and O–H groups in total. The minimum atomic E-state index is -0.787. The normalized spacial score (nSPS) is 20.0. The lowest BCUT2D eigenvalue weighted by Gasteiger charge is -2.28. The summed E-state index contributed by atoms with van der Waals surface area (Å²) in [6.45, 7) is 18.0. The fraction of sp³-hybridized carbons (Fsp3) is 0.778. The zero-order valence-electron chi connectivity index (χ0n) is 23.8. The Morgan fingerprint density at radius 2 is 1.58 bits per heavy atom. The number of carbonyl (C=O) groups excluding carboxylic acids is 3. The van der Waals surface area contributed by atoms with Gasteiger partial charge in [0.15, 0.2) is 0 Å². The number of methoxy groups -OCH3 is 1. The molecule has 2 amide bonds. The van der Waals surface area contributed by atoms with Gasteiger partial charge in [-0.3, -0.25) is 4.79 Å². The van der Waals surface area contributed by atoms with E-state index in [9.17, 15) is 14.4 Å². The molecule has 9 heteroatoms. The molecule has 0 spiro atoms. The molecule has 0 aromatic carbocycles. The molecule has 1 fully saturated rings. The van der Waals surface area contributed by atoms with E-state index in [2.05, 4.69) is 25.8 Å². The lowest BCUT2D eigenvalue weighted by Crippen LogP contribution is -2.44. The van der Waals surface area contributed by atoms with E-state index in [-0.39, 0.29) is 23.8 Å². The summed E-state index contributed by atoms with van der Waals surface area (Å²) >= 11 is 0. The molecule has 1 aromatic rings. The summed E-state index contributed by atoms with van der Waals surface area (Å²) in [4.78, 5) is 43.8. The summed E-state index contributed by atoms with van der Waals surface area (Å²) in [6.07, 6.45) is 4.94. The maximum atomic E-state index is 12.8. The van der Waals surface area contributed by atoms with Gasteiger partial charge in [0.2, 0.25) is 0 Å². The summed E-state index contributed by atoms with van der Waals surface area (Å²) < 4.78 is 18.0. The summed E-state index contributed by atoms with van der Waals surface area (Å²) in [7, 11) is 1.39. The molecule has 1 aliphatic rings. The molecule has 204 valence electrons. The standard InChI is InChI=1S/C27H45N3O6/c1-24(2,3)13-15-29-17-20(28-18-29)27(21(31)34-10)16-19(27)12-11-14-30(22(32)35-25(4,5)6)23(33)36-26(7,8)9/h17-19H,11-16H2,1-10H3/t19-,27?/m0/s1. The van der Waals surface area contributed by atoms with Crippen LogP contribution in [-0.4, -0.2) is 57.5 Å². The molecular formula is C27H45N3O6. The fourth-order valence-corrected chi connectivity index (χ4v) is 4.09. The molecule has 2 atom stereocenters. The third-order valence-electron chi connectivity index (χ3n) is 6.03. The lowest BCUT2D eigenvalue weighted by molar-refractivity contribution is -0.144. The first-order valence-corrected chi connectivity index (χ1v) is 12.7. The minimum absolute atomic E-state index is 0.00930. The monoisotopic (exact) mass is 507 g/mol. The Balaban J connectivity index is 2.09. The smallest absolute Gasteiger partial charge is 0.419 e. The van der Waals surface area contributed by atoms with Crippen LogP contribution >= 0.6 is 0 Å². The van der Waals surface area contributed by atoms with Crippen LogP contribution in [0.1, 0.15) is 93.7 Å². The van der Waals surface area contributed by atoms with Gasteiger partial charge in [0, 0.05) is 19.3 Å². The number of imidazole rings is 1. The van der Waals surface area contributed by atoms with Crippen molar-refractivity contribution in [2.75, 3.05) is 13.7 Å². The number of amides is 2. The molecule has 1 heterocycles. The fourth-order valence-electron chi connectivity index (χ4n) is 4.09. The van der Waals surface area contributed by atoms with Crippen molar-refractivity contribution in [1.82, 2.24) is 14.5 Å². The molecule has 1 unspecified atom stereocenters. The molecule has 36 heavy (non-hydrogen) atoms. The number of hydrogen-bond acceptors (Lipinski definition) is 7. The van der Waals surface area contributed by atoms with Crippen LogP contribution in [0.25, 0.3) is 0 Å². The maximum Gasteiger partial charge on any atom is 0.419 e. The van der Waals surface area contributed by atoms with Crippen LogP contribution in [-0.2, 0) is 31.0 Å². The highest BCUT2D eigenvalue weighted by atomic mass is 16.6. The number of aryl methyl sites for hydroxylation is 1. The van der Waals surface area contributed by atoms with Gasteiger partial charge in [0.1, 0.15) is 16.6 Å². The van der Waals surface area contributed by atoms with Gasteiger partial charge in [-0.25, -0.2) is 19.5 Å². The number of aromatic nitrogens is 2. The van der Waals surface area contributed by atoms with E-state index < -0.39 is 28.8 Å². The zero-order chi connectivity index (χ0) is 27.5. The first-order chi connectivity index (χ1) is 16.4.